The molecule has 1 atom stereocenters. The first-order valence-corrected chi connectivity index (χ1v) is 7.00. The van der Waals surface area contributed by atoms with Gasteiger partial charge >= 0.3 is 0 Å². The van der Waals surface area contributed by atoms with E-state index in [0.717, 1.165) is 25.9 Å². The van der Waals surface area contributed by atoms with Gasteiger partial charge in [0.2, 0.25) is 5.91 Å². The maximum absolute atomic E-state index is 12.1. The van der Waals surface area contributed by atoms with Crippen LogP contribution in [-0.2, 0) is 4.79 Å². The third-order valence-corrected chi connectivity index (χ3v) is 4.64. The highest BCUT2D eigenvalue weighted by molar-refractivity contribution is 5.82. The third kappa shape index (κ3) is 3.21. The van der Waals surface area contributed by atoms with E-state index in [1.54, 1.807) is 0 Å². The minimum Gasteiger partial charge on any atom is -0.341 e. The number of hydrogen-bond donors (Lipinski definition) is 1. The van der Waals surface area contributed by atoms with Gasteiger partial charge in [-0.25, -0.2) is 0 Å². The van der Waals surface area contributed by atoms with Crippen molar-refractivity contribution in [1.29, 1.82) is 0 Å². The molecule has 1 fully saturated rings. The molecule has 0 aliphatic carbocycles. The van der Waals surface area contributed by atoms with Crippen molar-refractivity contribution < 1.29 is 4.79 Å². The van der Waals surface area contributed by atoms with E-state index in [9.17, 15) is 4.79 Å². The zero-order valence-corrected chi connectivity index (χ0v) is 11.8. The number of likely N-dealkylation sites (tertiary alicyclic amines) is 1. The maximum Gasteiger partial charge on any atom is 0.239 e. The molecule has 0 saturated carbocycles. The van der Waals surface area contributed by atoms with Crippen molar-refractivity contribution in [3.63, 3.8) is 0 Å². The van der Waals surface area contributed by atoms with Crippen molar-refractivity contribution in [1.82, 2.24) is 4.90 Å². The van der Waals surface area contributed by atoms with Crippen LogP contribution in [-0.4, -0.2) is 29.9 Å². The van der Waals surface area contributed by atoms with Crippen LogP contribution in [0.2, 0.25) is 0 Å². The highest BCUT2D eigenvalue weighted by Crippen LogP contribution is 2.37. The summed E-state index contributed by atoms with van der Waals surface area (Å²) < 4.78 is 0. The second-order valence-corrected chi connectivity index (χ2v) is 5.80. The molecule has 3 heteroatoms. The van der Waals surface area contributed by atoms with Gasteiger partial charge in [-0.05, 0) is 24.2 Å². The molecule has 1 rings (SSSR count). The third-order valence-electron chi connectivity index (χ3n) is 4.64. The molecule has 1 aliphatic heterocycles. The van der Waals surface area contributed by atoms with E-state index >= 15 is 0 Å². The predicted octanol–water partition coefficient (Wildman–Crippen LogP) is 2.40. The van der Waals surface area contributed by atoms with Gasteiger partial charge in [0.05, 0.1) is 6.04 Å². The summed E-state index contributed by atoms with van der Waals surface area (Å²) in [5.74, 6) is 0.368. The Balaban J connectivity index is 2.55. The fourth-order valence-corrected chi connectivity index (χ4v) is 2.65. The Bertz CT molecular complexity index is 249. The number of rotatable bonds is 4. The molecule has 0 aromatic rings. The molecule has 1 heterocycles. The first-order chi connectivity index (χ1) is 7.95. The minimum atomic E-state index is -0.328. The Labute approximate surface area is 106 Å². The average molecular weight is 240 g/mol. The van der Waals surface area contributed by atoms with E-state index in [-0.39, 0.29) is 17.9 Å². The summed E-state index contributed by atoms with van der Waals surface area (Å²) in [5, 5.41) is 0. The molecule has 1 saturated heterocycles. The van der Waals surface area contributed by atoms with Crippen molar-refractivity contribution in [3.05, 3.63) is 0 Å². The van der Waals surface area contributed by atoms with Crippen molar-refractivity contribution in [2.75, 3.05) is 13.1 Å². The van der Waals surface area contributed by atoms with Crippen LogP contribution in [0.1, 0.15) is 53.4 Å². The summed E-state index contributed by atoms with van der Waals surface area (Å²) in [4.78, 5) is 14.1. The lowest BCUT2D eigenvalue weighted by Gasteiger charge is -2.42. The van der Waals surface area contributed by atoms with Gasteiger partial charge in [-0.15, -0.1) is 0 Å². The first-order valence-electron chi connectivity index (χ1n) is 7.00. The van der Waals surface area contributed by atoms with E-state index in [1.165, 1.54) is 12.8 Å². The number of piperidine rings is 1. The summed E-state index contributed by atoms with van der Waals surface area (Å²) in [5.41, 5.74) is 6.40. The number of hydrogen-bond acceptors (Lipinski definition) is 2. The summed E-state index contributed by atoms with van der Waals surface area (Å²) in [7, 11) is 0. The van der Waals surface area contributed by atoms with Gasteiger partial charge in [0.1, 0.15) is 0 Å². The van der Waals surface area contributed by atoms with Crippen molar-refractivity contribution in [3.8, 4) is 0 Å². The van der Waals surface area contributed by atoms with Crippen LogP contribution in [0.3, 0.4) is 0 Å². The molecule has 0 aromatic heterocycles. The topological polar surface area (TPSA) is 46.3 Å². The summed E-state index contributed by atoms with van der Waals surface area (Å²) >= 11 is 0. The summed E-state index contributed by atoms with van der Waals surface area (Å²) in [6, 6.07) is -0.328. The number of carbonyl (C=O) groups is 1. The van der Waals surface area contributed by atoms with Gasteiger partial charge < -0.3 is 10.6 Å². The lowest BCUT2D eigenvalue weighted by molar-refractivity contribution is -0.136. The number of nitrogens with zero attached hydrogens (tertiary/aromatic N) is 1. The molecule has 0 bridgehead atoms. The maximum atomic E-state index is 12.1. The quantitative estimate of drug-likeness (QED) is 0.820. The Morgan fingerprint density at radius 2 is 1.71 bits per heavy atom. The fraction of sp³-hybridized carbons (Fsp3) is 0.929. The Morgan fingerprint density at radius 1 is 1.24 bits per heavy atom. The Morgan fingerprint density at radius 3 is 2.06 bits per heavy atom. The van der Waals surface area contributed by atoms with Crippen LogP contribution in [0, 0.1) is 11.3 Å². The molecule has 0 spiro atoms. The molecule has 17 heavy (non-hydrogen) atoms. The predicted molar refractivity (Wildman–Crippen MR) is 71.6 cm³/mol. The van der Waals surface area contributed by atoms with Crippen LogP contribution in [0.25, 0.3) is 0 Å². The number of nitrogens with two attached hydrogens (primary N) is 1. The fourth-order valence-electron chi connectivity index (χ4n) is 2.65. The van der Waals surface area contributed by atoms with Crippen LogP contribution in [0.15, 0.2) is 0 Å². The van der Waals surface area contributed by atoms with Crippen LogP contribution >= 0.6 is 0 Å². The van der Waals surface area contributed by atoms with Gasteiger partial charge in [0.25, 0.3) is 0 Å². The second-order valence-electron chi connectivity index (χ2n) is 5.80. The molecule has 100 valence electrons. The van der Waals surface area contributed by atoms with Crippen LogP contribution < -0.4 is 5.73 Å². The SMILES string of the molecule is CCC1(CC)CCN(C(=O)[C@@H](N)C(C)C)CC1. The van der Waals surface area contributed by atoms with E-state index in [0.29, 0.717) is 5.41 Å². The zero-order chi connectivity index (χ0) is 13.1. The van der Waals surface area contributed by atoms with E-state index in [4.69, 9.17) is 5.73 Å². The Kier molecular flexibility index (Phi) is 4.99. The van der Waals surface area contributed by atoms with Crippen LogP contribution in [0.4, 0.5) is 0 Å². The minimum absolute atomic E-state index is 0.140. The smallest absolute Gasteiger partial charge is 0.239 e. The van der Waals surface area contributed by atoms with E-state index in [2.05, 4.69) is 13.8 Å². The molecular weight excluding hydrogens is 212 g/mol. The largest absolute Gasteiger partial charge is 0.341 e. The van der Waals surface area contributed by atoms with Gasteiger partial charge in [-0.2, -0.15) is 0 Å². The highest BCUT2D eigenvalue weighted by atomic mass is 16.2. The van der Waals surface area contributed by atoms with Gasteiger partial charge in [-0.1, -0.05) is 40.5 Å². The average Bonchev–Trinajstić information content (AvgIpc) is 2.37. The second kappa shape index (κ2) is 5.85. The van der Waals surface area contributed by atoms with Crippen molar-refractivity contribution in [2.45, 2.75) is 59.4 Å². The van der Waals surface area contributed by atoms with Gasteiger partial charge in [-0.3, -0.25) is 4.79 Å². The Hall–Kier alpha value is -0.570. The van der Waals surface area contributed by atoms with Crippen LogP contribution in [0.5, 0.6) is 0 Å². The molecule has 0 unspecified atom stereocenters. The summed E-state index contributed by atoms with van der Waals surface area (Å²) in [6.07, 6.45) is 4.72. The van der Waals surface area contributed by atoms with E-state index < -0.39 is 0 Å². The molecule has 3 nitrogen and oxygen atoms in total. The molecular formula is C14H28N2O. The molecule has 0 aromatic carbocycles. The normalized spacial score (nSPS) is 21.6. The highest BCUT2D eigenvalue weighted by Gasteiger charge is 2.34. The first kappa shape index (κ1) is 14.5. The standard InChI is InChI=1S/C14H28N2O/c1-5-14(6-2)7-9-16(10-8-14)13(17)12(15)11(3)4/h11-12H,5-10,15H2,1-4H3/t12-/m0/s1. The molecule has 1 amide bonds. The zero-order valence-electron chi connectivity index (χ0n) is 11.8. The van der Waals surface area contributed by atoms with Crippen molar-refractivity contribution in [2.24, 2.45) is 17.1 Å². The molecule has 0 radical (unpaired) electrons. The number of amides is 1. The monoisotopic (exact) mass is 240 g/mol. The van der Waals surface area contributed by atoms with E-state index in [1.807, 2.05) is 18.7 Å². The lowest BCUT2D eigenvalue weighted by Crippen LogP contribution is -2.50. The van der Waals surface area contributed by atoms with Gasteiger partial charge in [0.15, 0.2) is 0 Å². The van der Waals surface area contributed by atoms with Gasteiger partial charge in [0, 0.05) is 13.1 Å². The van der Waals surface area contributed by atoms with Crippen molar-refractivity contribution >= 4 is 5.91 Å². The molecule has 1 aliphatic rings. The summed E-state index contributed by atoms with van der Waals surface area (Å²) in [6.45, 7) is 10.3. The number of carbonyl (C=O) groups excluding carboxylic acids is 1. The molecule has 2 N–H and O–H groups in total. The lowest BCUT2D eigenvalue weighted by atomic mass is 9.74.